The number of nitrogens with one attached hydrogen (secondary N) is 1. The molecule has 0 aliphatic heterocycles. The quantitative estimate of drug-likeness (QED) is 0.743. The molecule has 5 nitrogen and oxygen atoms in total. The molecule has 6 heteroatoms. The smallest absolute Gasteiger partial charge is 0.220 e. The van der Waals surface area contributed by atoms with E-state index in [-0.39, 0.29) is 24.5 Å². The fraction of sp³-hybridized carbons (Fsp3) is 0.385. The molecule has 0 saturated carbocycles. The second-order valence-electron chi connectivity index (χ2n) is 3.91. The van der Waals surface area contributed by atoms with Crippen molar-refractivity contribution < 1.29 is 14.3 Å². The van der Waals surface area contributed by atoms with Crippen LogP contribution in [-0.4, -0.2) is 31.9 Å². The Labute approximate surface area is 120 Å². The highest BCUT2D eigenvalue weighted by Crippen LogP contribution is 2.24. The summed E-state index contributed by atoms with van der Waals surface area (Å²) in [5.41, 5.74) is 5.75. The topological polar surface area (TPSA) is 81.4 Å². The third kappa shape index (κ3) is 5.00. The first-order valence-electron chi connectivity index (χ1n) is 5.92. The lowest BCUT2D eigenvalue weighted by Gasteiger charge is -2.08. The largest absolute Gasteiger partial charge is 0.496 e. The van der Waals surface area contributed by atoms with Crippen LogP contribution in [0.1, 0.15) is 23.2 Å². The summed E-state index contributed by atoms with van der Waals surface area (Å²) in [6, 6.07) is 5.20. The van der Waals surface area contributed by atoms with Gasteiger partial charge in [0.25, 0.3) is 0 Å². The summed E-state index contributed by atoms with van der Waals surface area (Å²) in [4.78, 5) is 23.4. The second-order valence-corrected chi connectivity index (χ2v) is 4.82. The molecule has 0 unspecified atom stereocenters. The lowest BCUT2D eigenvalue weighted by Crippen LogP contribution is -2.29. The van der Waals surface area contributed by atoms with E-state index < -0.39 is 0 Å². The fourth-order valence-corrected chi connectivity index (χ4v) is 1.92. The van der Waals surface area contributed by atoms with Crippen LogP contribution in [0.2, 0.25) is 0 Å². The molecule has 0 heterocycles. The molecule has 0 aromatic heterocycles. The average molecular weight is 329 g/mol. The average Bonchev–Trinajstić information content (AvgIpc) is 2.42. The van der Waals surface area contributed by atoms with E-state index in [2.05, 4.69) is 21.2 Å². The number of methoxy groups -OCH3 is 1. The van der Waals surface area contributed by atoms with Gasteiger partial charge in [-0.1, -0.05) is 15.9 Å². The summed E-state index contributed by atoms with van der Waals surface area (Å²) < 4.78 is 5.93. The first-order valence-corrected chi connectivity index (χ1v) is 6.71. The van der Waals surface area contributed by atoms with Crippen molar-refractivity contribution in [3.8, 4) is 5.75 Å². The van der Waals surface area contributed by atoms with Crippen LogP contribution in [0, 0.1) is 0 Å². The van der Waals surface area contributed by atoms with E-state index in [1.54, 1.807) is 18.2 Å². The van der Waals surface area contributed by atoms with Gasteiger partial charge in [0.2, 0.25) is 5.91 Å². The summed E-state index contributed by atoms with van der Waals surface area (Å²) in [5.74, 6) is 0.212. The van der Waals surface area contributed by atoms with Crippen LogP contribution in [0.25, 0.3) is 0 Å². The summed E-state index contributed by atoms with van der Waals surface area (Å²) >= 11 is 3.31. The highest BCUT2D eigenvalue weighted by Gasteiger charge is 2.14. The number of ketones is 1. The third-order valence-electron chi connectivity index (χ3n) is 2.51. The first kappa shape index (κ1) is 15.7. The monoisotopic (exact) mass is 328 g/mol. The van der Waals surface area contributed by atoms with Crippen LogP contribution < -0.4 is 15.8 Å². The summed E-state index contributed by atoms with van der Waals surface area (Å²) in [5, 5.41) is 2.62. The zero-order chi connectivity index (χ0) is 14.3. The summed E-state index contributed by atoms with van der Waals surface area (Å²) in [6.07, 6.45) is 0.289. The summed E-state index contributed by atoms with van der Waals surface area (Å²) in [6.45, 7) is 0.812. The Morgan fingerprint density at radius 2 is 2.11 bits per heavy atom. The summed E-state index contributed by atoms with van der Waals surface area (Å²) in [7, 11) is 1.51. The van der Waals surface area contributed by atoms with Crippen molar-refractivity contribution in [3.05, 3.63) is 28.2 Å². The molecule has 1 aromatic rings. The number of halogens is 1. The minimum absolute atomic E-state index is 0.124. The Hall–Kier alpha value is -1.40. The molecule has 0 atom stereocenters. The molecule has 0 aliphatic carbocycles. The Morgan fingerprint density at radius 1 is 1.37 bits per heavy atom. The molecule has 0 aliphatic rings. The molecule has 0 radical (unpaired) electrons. The zero-order valence-electron chi connectivity index (χ0n) is 10.7. The molecule has 1 amide bonds. The van der Waals surface area contributed by atoms with Crippen molar-refractivity contribution in [2.75, 3.05) is 20.2 Å². The first-order chi connectivity index (χ1) is 9.08. The Balaban J connectivity index is 2.63. The maximum absolute atomic E-state index is 12.0. The molecular weight excluding hydrogens is 312 g/mol. The molecule has 1 aromatic carbocycles. The van der Waals surface area contributed by atoms with Gasteiger partial charge in [-0.15, -0.1) is 0 Å². The second kappa shape index (κ2) is 7.91. The van der Waals surface area contributed by atoms with E-state index in [1.165, 1.54) is 7.11 Å². The van der Waals surface area contributed by atoms with Gasteiger partial charge in [0, 0.05) is 30.4 Å². The van der Waals surface area contributed by atoms with Crippen LogP contribution in [0.3, 0.4) is 0 Å². The molecule has 104 valence electrons. The van der Waals surface area contributed by atoms with E-state index in [9.17, 15) is 9.59 Å². The molecule has 0 spiro atoms. The van der Waals surface area contributed by atoms with Gasteiger partial charge in [0.1, 0.15) is 5.75 Å². The standard InChI is InChI=1S/C13H17BrN2O3/c1-19-12-4-2-9(14)8-10(12)11(17)3-5-13(18)16-7-6-15/h2,4,8H,3,5-7,15H2,1H3,(H,16,18). The predicted molar refractivity (Wildman–Crippen MR) is 76.3 cm³/mol. The number of benzene rings is 1. The van der Waals surface area contributed by atoms with Gasteiger partial charge in [-0.2, -0.15) is 0 Å². The molecule has 0 saturated heterocycles. The van der Waals surface area contributed by atoms with E-state index in [4.69, 9.17) is 10.5 Å². The Kier molecular flexibility index (Phi) is 6.52. The van der Waals surface area contributed by atoms with Crippen LogP contribution in [0.15, 0.2) is 22.7 Å². The Morgan fingerprint density at radius 3 is 2.74 bits per heavy atom. The van der Waals surface area contributed by atoms with E-state index in [0.717, 1.165) is 4.47 Å². The molecule has 1 rings (SSSR count). The van der Waals surface area contributed by atoms with E-state index >= 15 is 0 Å². The molecule has 3 N–H and O–H groups in total. The predicted octanol–water partition coefficient (Wildman–Crippen LogP) is 1.50. The normalized spacial score (nSPS) is 10.1. The van der Waals surface area contributed by atoms with Crippen LogP contribution in [0.5, 0.6) is 5.75 Å². The molecule has 0 fully saturated rings. The zero-order valence-corrected chi connectivity index (χ0v) is 12.3. The maximum atomic E-state index is 12.0. The van der Waals surface area contributed by atoms with Crippen molar-refractivity contribution in [2.24, 2.45) is 5.73 Å². The van der Waals surface area contributed by atoms with Crippen molar-refractivity contribution in [1.82, 2.24) is 5.32 Å². The van der Waals surface area contributed by atoms with Gasteiger partial charge >= 0.3 is 0 Å². The van der Waals surface area contributed by atoms with Gasteiger partial charge in [-0.05, 0) is 18.2 Å². The number of carbonyl (C=O) groups excluding carboxylic acids is 2. The van der Waals surface area contributed by atoms with Crippen molar-refractivity contribution in [3.63, 3.8) is 0 Å². The molecule has 0 bridgehead atoms. The van der Waals surface area contributed by atoms with Gasteiger partial charge in [-0.25, -0.2) is 0 Å². The number of rotatable bonds is 7. The minimum atomic E-state index is -0.173. The number of nitrogens with two attached hydrogens (primary N) is 1. The fourth-order valence-electron chi connectivity index (χ4n) is 1.56. The van der Waals surface area contributed by atoms with E-state index in [1.807, 2.05) is 0 Å². The minimum Gasteiger partial charge on any atom is -0.496 e. The number of amides is 1. The van der Waals surface area contributed by atoms with Crippen LogP contribution in [-0.2, 0) is 4.79 Å². The number of carbonyl (C=O) groups is 2. The number of hydrogen-bond donors (Lipinski definition) is 2. The van der Waals surface area contributed by atoms with E-state index in [0.29, 0.717) is 24.4 Å². The van der Waals surface area contributed by atoms with Crippen molar-refractivity contribution in [2.45, 2.75) is 12.8 Å². The lowest BCUT2D eigenvalue weighted by atomic mass is 10.1. The van der Waals surface area contributed by atoms with Gasteiger partial charge in [0.15, 0.2) is 5.78 Å². The highest BCUT2D eigenvalue weighted by molar-refractivity contribution is 9.10. The lowest BCUT2D eigenvalue weighted by molar-refractivity contribution is -0.121. The van der Waals surface area contributed by atoms with Crippen LogP contribution in [0.4, 0.5) is 0 Å². The number of Topliss-reactive ketones (excluding diaryl/α,β-unsaturated/α-hetero) is 1. The van der Waals surface area contributed by atoms with Crippen LogP contribution >= 0.6 is 15.9 Å². The number of ether oxygens (including phenoxy) is 1. The highest BCUT2D eigenvalue weighted by atomic mass is 79.9. The Bertz CT molecular complexity index is 463. The van der Waals surface area contributed by atoms with Crippen molar-refractivity contribution >= 4 is 27.6 Å². The maximum Gasteiger partial charge on any atom is 0.220 e. The number of hydrogen-bond acceptors (Lipinski definition) is 4. The molecule has 19 heavy (non-hydrogen) atoms. The van der Waals surface area contributed by atoms with Gasteiger partial charge in [-0.3, -0.25) is 9.59 Å². The van der Waals surface area contributed by atoms with Gasteiger partial charge < -0.3 is 15.8 Å². The van der Waals surface area contributed by atoms with Gasteiger partial charge in [0.05, 0.1) is 12.7 Å². The SMILES string of the molecule is COc1ccc(Br)cc1C(=O)CCC(=O)NCCN. The van der Waals surface area contributed by atoms with Crippen molar-refractivity contribution in [1.29, 1.82) is 0 Å². The third-order valence-corrected chi connectivity index (χ3v) is 3.00. The molecular formula is C13H17BrN2O3.